The lowest BCUT2D eigenvalue weighted by molar-refractivity contribution is -0.305. The predicted octanol–water partition coefficient (Wildman–Crippen LogP) is -5.05. The van der Waals surface area contributed by atoms with E-state index in [2.05, 4.69) is 0 Å². The first kappa shape index (κ1) is 17.9. The highest BCUT2D eigenvalue weighted by atomic mass is 16.7. The zero-order chi connectivity index (χ0) is 16.6. The number of rotatable bonds is 3. The van der Waals surface area contributed by atoms with Crippen LogP contribution in [0, 0.1) is 0 Å². The smallest absolute Gasteiger partial charge is 0.186 e. The first-order valence-corrected chi connectivity index (χ1v) is 7.11. The van der Waals surface area contributed by atoms with Gasteiger partial charge in [0.05, 0.1) is 24.9 Å². The Kier molecular flexibility index (Phi) is 5.72. The number of aliphatic hydroxyl groups excluding tert-OH is 6. The van der Waals surface area contributed by atoms with E-state index in [1.54, 1.807) is 0 Å². The molecule has 1 heterocycles. The molecule has 2 fully saturated rings. The van der Waals surface area contributed by atoms with Gasteiger partial charge in [0.15, 0.2) is 6.29 Å². The summed E-state index contributed by atoms with van der Waals surface area (Å²) >= 11 is 0. The van der Waals surface area contributed by atoms with Crippen molar-refractivity contribution in [2.45, 2.75) is 67.5 Å². The van der Waals surface area contributed by atoms with Crippen molar-refractivity contribution in [3.05, 3.63) is 0 Å². The molecule has 10 N–H and O–H groups in total. The summed E-state index contributed by atoms with van der Waals surface area (Å²) in [7, 11) is 0. The molecule has 1 aliphatic heterocycles. The zero-order valence-corrected chi connectivity index (χ0v) is 11.8. The molecule has 1 saturated carbocycles. The molecule has 2 rings (SSSR count). The highest BCUT2D eigenvalue weighted by molar-refractivity contribution is 4.97. The van der Waals surface area contributed by atoms with Gasteiger partial charge in [0.25, 0.3) is 0 Å². The highest BCUT2D eigenvalue weighted by Crippen LogP contribution is 2.27. The van der Waals surface area contributed by atoms with Crippen molar-refractivity contribution in [2.24, 2.45) is 11.5 Å². The van der Waals surface area contributed by atoms with E-state index in [4.69, 9.17) is 26.0 Å². The monoisotopic (exact) mass is 324 g/mol. The molecule has 0 aromatic carbocycles. The molecule has 2 aliphatic rings. The molecule has 1 saturated heterocycles. The van der Waals surface area contributed by atoms with E-state index in [-0.39, 0.29) is 6.42 Å². The third-order valence-corrected chi connectivity index (χ3v) is 4.27. The molecule has 0 bridgehead atoms. The van der Waals surface area contributed by atoms with Gasteiger partial charge in [0.2, 0.25) is 0 Å². The largest absolute Gasteiger partial charge is 0.394 e. The standard InChI is InChI=1S/C12H24N2O8/c13-3-1-4(9(18)11(20)7(3)16)21-12-10(19)6(14)8(17)5(2-15)22-12/h3-12,15-20H,1-2,13-14H2/t3-,4+,5+,6-,7+,8+,9-,10+,11-,12-/m0/s1. The second-order valence-corrected chi connectivity index (χ2v) is 5.83. The van der Waals surface area contributed by atoms with E-state index in [0.29, 0.717) is 0 Å². The molecule has 10 nitrogen and oxygen atoms in total. The van der Waals surface area contributed by atoms with Gasteiger partial charge in [-0.05, 0) is 6.42 Å². The van der Waals surface area contributed by atoms with Crippen LogP contribution in [0.15, 0.2) is 0 Å². The number of ether oxygens (including phenoxy) is 2. The molecule has 1 aliphatic carbocycles. The SMILES string of the molecule is N[C@@H]1[C@@H](O)[C@@H](O[C@@H]2C[C@H](N)[C@@H](O)[C@H](O)[C@H]2O)O[C@H](CO)[C@H]1O. The van der Waals surface area contributed by atoms with Crippen molar-refractivity contribution in [2.75, 3.05) is 6.61 Å². The van der Waals surface area contributed by atoms with Crippen LogP contribution < -0.4 is 11.5 Å². The number of aliphatic hydroxyl groups is 6. The van der Waals surface area contributed by atoms with Crippen molar-refractivity contribution >= 4 is 0 Å². The minimum absolute atomic E-state index is 0.0214. The Labute approximate surface area is 126 Å². The van der Waals surface area contributed by atoms with Gasteiger partial charge >= 0.3 is 0 Å². The number of hydrogen-bond acceptors (Lipinski definition) is 10. The van der Waals surface area contributed by atoms with Crippen molar-refractivity contribution in [1.29, 1.82) is 0 Å². The van der Waals surface area contributed by atoms with E-state index in [1.807, 2.05) is 0 Å². The second kappa shape index (κ2) is 7.01. The van der Waals surface area contributed by atoms with Gasteiger partial charge in [0, 0.05) is 6.04 Å². The number of nitrogens with two attached hydrogens (primary N) is 2. The molecule has 0 radical (unpaired) electrons. The zero-order valence-electron chi connectivity index (χ0n) is 11.8. The van der Waals surface area contributed by atoms with Crippen molar-refractivity contribution in [3.63, 3.8) is 0 Å². The van der Waals surface area contributed by atoms with E-state index in [1.165, 1.54) is 0 Å². The maximum atomic E-state index is 9.98. The van der Waals surface area contributed by atoms with E-state index in [9.17, 15) is 25.5 Å². The van der Waals surface area contributed by atoms with Crippen molar-refractivity contribution < 1.29 is 40.1 Å². The predicted molar refractivity (Wildman–Crippen MR) is 71.2 cm³/mol. The molecule has 22 heavy (non-hydrogen) atoms. The van der Waals surface area contributed by atoms with Gasteiger partial charge in [0.1, 0.15) is 30.5 Å². The summed E-state index contributed by atoms with van der Waals surface area (Å²) in [5, 5.41) is 58.1. The summed E-state index contributed by atoms with van der Waals surface area (Å²) in [6.07, 6.45) is -10.2. The summed E-state index contributed by atoms with van der Waals surface area (Å²) in [5.41, 5.74) is 11.3. The lowest BCUT2D eigenvalue weighted by Gasteiger charge is -2.44. The average Bonchev–Trinajstić information content (AvgIpc) is 2.50. The van der Waals surface area contributed by atoms with E-state index < -0.39 is 67.7 Å². The van der Waals surface area contributed by atoms with E-state index in [0.717, 1.165) is 0 Å². The Morgan fingerprint density at radius 1 is 0.909 bits per heavy atom. The molecule has 10 atom stereocenters. The summed E-state index contributed by atoms with van der Waals surface area (Å²) in [6, 6.07) is -1.93. The van der Waals surface area contributed by atoms with Gasteiger partial charge in [-0.2, -0.15) is 0 Å². The minimum atomic E-state index is -1.50. The van der Waals surface area contributed by atoms with Crippen LogP contribution in [0.25, 0.3) is 0 Å². The molecule has 130 valence electrons. The molecule has 0 unspecified atom stereocenters. The molecule has 0 amide bonds. The van der Waals surface area contributed by atoms with Gasteiger partial charge < -0.3 is 51.6 Å². The highest BCUT2D eigenvalue weighted by Gasteiger charge is 2.47. The van der Waals surface area contributed by atoms with Crippen LogP contribution in [0.5, 0.6) is 0 Å². The van der Waals surface area contributed by atoms with Gasteiger partial charge in [-0.3, -0.25) is 0 Å². The molecule has 10 heteroatoms. The normalized spacial score (nSPS) is 53.5. The number of hydrogen-bond donors (Lipinski definition) is 8. The summed E-state index contributed by atoms with van der Waals surface area (Å²) in [4.78, 5) is 0. The van der Waals surface area contributed by atoms with Crippen molar-refractivity contribution in [3.8, 4) is 0 Å². The molecular formula is C12H24N2O8. The summed E-state index contributed by atoms with van der Waals surface area (Å²) in [6.45, 7) is -0.532. The lowest BCUT2D eigenvalue weighted by atomic mass is 9.86. The van der Waals surface area contributed by atoms with Gasteiger partial charge in [-0.15, -0.1) is 0 Å². The minimum Gasteiger partial charge on any atom is -0.394 e. The van der Waals surface area contributed by atoms with Crippen LogP contribution in [-0.4, -0.2) is 98.3 Å². The average molecular weight is 324 g/mol. The maximum absolute atomic E-state index is 9.98. The Hall–Kier alpha value is -0.400. The van der Waals surface area contributed by atoms with Crippen LogP contribution in [0.3, 0.4) is 0 Å². The van der Waals surface area contributed by atoms with Crippen LogP contribution in [0.2, 0.25) is 0 Å². The molecule has 0 aromatic heterocycles. The van der Waals surface area contributed by atoms with E-state index >= 15 is 0 Å². The lowest BCUT2D eigenvalue weighted by Crippen LogP contribution is -2.65. The third-order valence-electron chi connectivity index (χ3n) is 4.27. The fourth-order valence-electron chi connectivity index (χ4n) is 2.76. The molecule has 0 aromatic rings. The van der Waals surface area contributed by atoms with Crippen LogP contribution in [-0.2, 0) is 9.47 Å². The van der Waals surface area contributed by atoms with Crippen LogP contribution >= 0.6 is 0 Å². The van der Waals surface area contributed by atoms with Gasteiger partial charge in [-0.25, -0.2) is 0 Å². The molecular weight excluding hydrogens is 300 g/mol. The van der Waals surface area contributed by atoms with Gasteiger partial charge in [-0.1, -0.05) is 0 Å². The Balaban J connectivity index is 2.05. The molecule has 0 spiro atoms. The summed E-state index contributed by atoms with van der Waals surface area (Å²) in [5.74, 6) is 0. The third kappa shape index (κ3) is 3.26. The second-order valence-electron chi connectivity index (χ2n) is 5.83. The quantitative estimate of drug-likeness (QED) is 0.249. The van der Waals surface area contributed by atoms with Crippen LogP contribution in [0.1, 0.15) is 6.42 Å². The Morgan fingerprint density at radius 3 is 2.14 bits per heavy atom. The Morgan fingerprint density at radius 2 is 1.55 bits per heavy atom. The van der Waals surface area contributed by atoms with Crippen molar-refractivity contribution in [1.82, 2.24) is 0 Å². The topological polar surface area (TPSA) is 192 Å². The first-order chi connectivity index (χ1) is 10.3. The first-order valence-electron chi connectivity index (χ1n) is 7.11. The Bertz CT molecular complexity index is 373. The maximum Gasteiger partial charge on any atom is 0.186 e. The summed E-state index contributed by atoms with van der Waals surface area (Å²) < 4.78 is 10.7. The fraction of sp³-hybridized carbons (Fsp3) is 1.00. The fourth-order valence-corrected chi connectivity index (χ4v) is 2.76. The van der Waals surface area contributed by atoms with Crippen LogP contribution in [0.4, 0.5) is 0 Å².